The Labute approximate surface area is 123 Å². The van der Waals surface area contributed by atoms with E-state index >= 15 is 0 Å². The Balaban J connectivity index is 0.00000289. The Bertz CT molecular complexity index is 289. The van der Waals surface area contributed by atoms with Crippen LogP contribution >= 0.6 is 11.8 Å². The molecule has 0 N–H and O–H groups in total. The molecule has 106 valence electrons. The van der Waals surface area contributed by atoms with Crippen LogP contribution in [-0.2, 0) is 12.4 Å². The molecule has 0 radical (unpaired) electrons. The topological polar surface area (TPSA) is 8.81 Å². The first-order chi connectivity index (χ1) is 8.36. The van der Waals surface area contributed by atoms with E-state index in [1.807, 2.05) is 11.8 Å². The molecule has 1 rings (SSSR count). The van der Waals surface area contributed by atoms with Crippen molar-refractivity contribution in [2.75, 3.05) is 5.75 Å². The first-order valence-corrected chi connectivity index (χ1v) is 8.14. The van der Waals surface area contributed by atoms with Crippen LogP contribution in [0.5, 0.6) is 0 Å². The van der Waals surface area contributed by atoms with Gasteiger partial charge in [-0.05, 0) is 19.1 Å². The first-order valence-electron chi connectivity index (χ1n) is 6.99. The van der Waals surface area contributed by atoms with Crippen LogP contribution in [0, 0.1) is 0 Å². The van der Waals surface area contributed by atoms with Gasteiger partial charge in [-0.15, -0.1) is 11.8 Å². The van der Waals surface area contributed by atoms with Gasteiger partial charge < -0.3 is 12.4 Å². The molecule has 0 spiro atoms. The molecule has 18 heavy (non-hydrogen) atoms. The highest BCUT2D eigenvalue weighted by Gasteiger charge is 2.00. The zero-order valence-electron chi connectivity index (χ0n) is 11.8. The van der Waals surface area contributed by atoms with Crippen molar-refractivity contribution in [3.8, 4) is 0 Å². The van der Waals surface area contributed by atoms with E-state index in [9.17, 15) is 0 Å². The summed E-state index contributed by atoms with van der Waals surface area (Å²) in [4.78, 5) is 0. The van der Waals surface area contributed by atoms with Crippen molar-refractivity contribution in [3.63, 3.8) is 0 Å². The van der Waals surface area contributed by atoms with Crippen LogP contribution in [0.1, 0.15) is 52.4 Å². The fraction of sp³-hybridized carbons (Fsp3) is 0.786. The molecule has 0 unspecified atom stereocenters. The number of halogens is 1. The van der Waals surface area contributed by atoms with E-state index in [0.717, 1.165) is 12.4 Å². The lowest BCUT2D eigenvalue weighted by Crippen LogP contribution is -3.00. The smallest absolute Gasteiger partial charge is 0.244 e. The van der Waals surface area contributed by atoms with Gasteiger partial charge in [-0.1, -0.05) is 39.0 Å². The van der Waals surface area contributed by atoms with Gasteiger partial charge in [-0.2, -0.15) is 0 Å². The second kappa shape index (κ2) is 11.9. The van der Waals surface area contributed by atoms with E-state index in [2.05, 4.69) is 41.7 Å². The lowest BCUT2D eigenvalue weighted by molar-refractivity contribution is -0.675. The predicted octanol–water partition coefficient (Wildman–Crippen LogP) is 0.851. The summed E-state index contributed by atoms with van der Waals surface area (Å²) >= 11 is 2.04. The molecule has 0 aromatic carbocycles. The van der Waals surface area contributed by atoms with Crippen LogP contribution in [0.15, 0.2) is 18.7 Å². The molecular weight excluding hydrogens is 264 g/mol. The van der Waals surface area contributed by atoms with Gasteiger partial charge in [0, 0.05) is 0 Å². The molecule has 0 aliphatic heterocycles. The van der Waals surface area contributed by atoms with Crippen molar-refractivity contribution in [2.45, 2.75) is 64.8 Å². The maximum atomic E-state index is 2.27. The zero-order chi connectivity index (χ0) is 12.3. The summed E-state index contributed by atoms with van der Waals surface area (Å²) < 4.78 is 4.48. The van der Waals surface area contributed by atoms with Crippen molar-refractivity contribution in [1.29, 1.82) is 0 Å². The summed E-state index contributed by atoms with van der Waals surface area (Å²) in [5, 5.41) is 0. The molecule has 2 nitrogen and oxygen atoms in total. The van der Waals surface area contributed by atoms with Crippen LogP contribution < -0.4 is 17.0 Å². The van der Waals surface area contributed by atoms with Crippen LogP contribution in [-0.4, -0.2) is 10.3 Å². The largest absolute Gasteiger partial charge is 1.00 e. The third kappa shape index (κ3) is 8.04. The molecule has 0 atom stereocenters. The van der Waals surface area contributed by atoms with E-state index in [4.69, 9.17) is 0 Å². The Morgan fingerprint density at radius 1 is 1.06 bits per heavy atom. The summed E-state index contributed by atoms with van der Waals surface area (Å²) in [6.45, 7) is 5.51. The van der Waals surface area contributed by atoms with E-state index < -0.39 is 0 Å². The first kappa shape index (κ1) is 17.8. The lowest BCUT2D eigenvalue weighted by Gasteiger charge is -2.00. The molecule has 4 heteroatoms. The number of imidazole rings is 1. The molecule has 0 aliphatic carbocycles. The van der Waals surface area contributed by atoms with Crippen molar-refractivity contribution < 1.29 is 17.0 Å². The number of unbranched alkanes of at least 4 members (excludes halogenated alkanes) is 5. The Kier molecular flexibility index (Phi) is 11.8. The Morgan fingerprint density at radius 2 is 1.78 bits per heavy atom. The number of nitrogens with zero attached hydrogens (tertiary/aromatic N) is 2. The fourth-order valence-corrected chi connectivity index (χ4v) is 2.76. The maximum absolute atomic E-state index is 2.27. The monoisotopic (exact) mass is 290 g/mol. The van der Waals surface area contributed by atoms with E-state index in [-0.39, 0.29) is 12.4 Å². The van der Waals surface area contributed by atoms with Gasteiger partial charge in [0.25, 0.3) is 0 Å². The molecule has 1 aromatic heterocycles. The highest BCUT2D eigenvalue weighted by atomic mass is 35.5. The Morgan fingerprint density at radius 3 is 2.44 bits per heavy atom. The van der Waals surface area contributed by atoms with Crippen LogP contribution in [0.2, 0.25) is 0 Å². The predicted molar refractivity (Wildman–Crippen MR) is 76.1 cm³/mol. The second-order valence-corrected chi connectivity index (χ2v) is 5.64. The van der Waals surface area contributed by atoms with Crippen LogP contribution in [0.25, 0.3) is 0 Å². The molecule has 0 amide bonds. The van der Waals surface area contributed by atoms with Crippen molar-refractivity contribution in [1.82, 2.24) is 4.57 Å². The number of hydrogen-bond acceptors (Lipinski definition) is 1. The fourth-order valence-electron chi connectivity index (χ4n) is 1.86. The van der Waals surface area contributed by atoms with Crippen molar-refractivity contribution in [3.05, 3.63) is 18.7 Å². The van der Waals surface area contributed by atoms with Crippen molar-refractivity contribution in [2.24, 2.45) is 0 Å². The van der Waals surface area contributed by atoms with Crippen LogP contribution in [0.3, 0.4) is 0 Å². The van der Waals surface area contributed by atoms with Gasteiger partial charge in [0.2, 0.25) is 6.33 Å². The van der Waals surface area contributed by atoms with Gasteiger partial charge in [-0.3, -0.25) is 0 Å². The molecule has 1 aromatic rings. The number of rotatable bonds is 10. The lowest BCUT2D eigenvalue weighted by atomic mass is 10.1. The molecule has 0 fully saturated rings. The highest BCUT2D eigenvalue weighted by molar-refractivity contribution is 7.98. The highest BCUT2D eigenvalue weighted by Crippen LogP contribution is 2.09. The number of aromatic nitrogens is 2. The molecule has 0 saturated carbocycles. The Hall–Kier alpha value is -0.150. The number of hydrogen-bond donors (Lipinski definition) is 0. The summed E-state index contributed by atoms with van der Waals surface area (Å²) in [6, 6.07) is 0. The SMILES string of the molecule is CCCCCCCCSC[n+]1ccn(CC)c1.[Cl-]. The summed E-state index contributed by atoms with van der Waals surface area (Å²) in [5.41, 5.74) is 0. The minimum absolute atomic E-state index is 0. The molecule has 1 heterocycles. The summed E-state index contributed by atoms with van der Waals surface area (Å²) in [7, 11) is 0. The molecule has 0 saturated heterocycles. The summed E-state index contributed by atoms with van der Waals surface area (Å²) in [5.74, 6) is 2.40. The van der Waals surface area contributed by atoms with Gasteiger partial charge >= 0.3 is 0 Å². The summed E-state index contributed by atoms with van der Waals surface area (Å²) in [6.07, 6.45) is 14.9. The minimum atomic E-state index is 0. The molecule has 0 aliphatic rings. The van der Waals surface area contributed by atoms with Gasteiger partial charge in [-0.25, -0.2) is 9.13 Å². The third-order valence-electron chi connectivity index (χ3n) is 2.99. The third-order valence-corrected chi connectivity index (χ3v) is 4.05. The molecule has 0 bridgehead atoms. The molecular formula is C14H27ClN2S. The second-order valence-electron chi connectivity index (χ2n) is 4.56. The average Bonchev–Trinajstić information content (AvgIpc) is 2.80. The van der Waals surface area contributed by atoms with E-state index in [1.54, 1.807) is 0 Å². The van der Waals surface area contributed by atoms with E-state index in [0.29, 0.717) is 0 Å². The van der Waals surface area contributed by atoms with Gasteiger partial charge in [0.15, 0.2) is 0 Å². The normalized spacial score (nSPS) is 10.3. The number of thioether (sulfide) groups is 1. The maximum Gasteiger partial charge on any atom is 0.244 e. The van der Waals surface area contributed by atoms with Gasteiger partial charge in [0.05, 0.1) is 6.54 Å². The van der Waals surface area contributed by atoms with Gasteiger partial charge in [0.1, 0.15) is 18.3 Å². The van der Waals surface area contributed by atoms with E-state index in [1.165, 1.54) is 44.3 Å². The quantitative estimate of drug-likeness (QED) is 0.458. The minimum Gasteiger partial charge on any atom is -1.00 e. The van der Waals surface area contributed by atoms with Crippen LogP contribution in [0.4, 0.5) is 0 Å². The standard InChI is InChI=1S/C14H27N2S.ClH/c1-3-5-6-7-8-9-12-17-14-16-11-10-15(4-2)13-16;/h10-11,13H,3-9,12,14H2,1-2H3;1H/q+1;/p-1. The van der Waals surface area contributed by atoms with Crippen molar-refractivity contribution >= 4 is 11.8 Å². The average molecular weight is 291 g/mol. The number of aryl methyl sites for hydroxylation is 1. The zero-order valence-corrected chi connectivity index (χ0v) is 13.3.